The molecule has 0 rings (SSSR count). The molecule has 0 aliphatic carbocycles. The predicted molar refractivity (Wildman–Crippen MR) is 44.2 cm³/mol. The Kier molecular flexibility index (Phi) is 4.19. The topological polar surface area (TPSA) is 26.3 Å². The number of esters is 1. The van der Waals surface area contributed by atoms with Gasteiger partial charge in [0.15, 0.2) is 0 Å². The molecule has 1 atom stereocenters. The number of carbonyl (C=O) groups excluding carboxylic acids is 1. The quantitative estimate of drug-likeness (QED) is 0.384. The van der Waals surface area contributed by atoms with E-state index in [1.54, 1.807) is 0 Å². The molecule has 0 aromatic rings. The van der Waals surface area contributed by atoms with Crippen LogP contribution in [0.5, 0.6) is 0 Å². The fourth-order valence-electron chi connectivity index (χ4n) is 0.514. The summed E-state index contributed by atoms with van der Waals surface area (Å²) in [5.41, 5.74) is 0.424. The van der Waals surface area contributed by atoms with E-state index in [-0.39, 0.29) is 11.2 Å². The minimum absolute atomic E-state index is 0.0764. The lowest BCUT2D eigenvalue weighted by Crippen LogP contribution is -2.12. The Balaban J connectivity index is 3.95. The molecule has 0 spiro atoms. The zero-order valence-corrected chi connectivity index (χ0v) is 7.15. The fraction of sp³-hybridized carbons (Fsp3) is 0.571. The van der Waals surface area contributed by atoms with Gasteiger partial charge in [0.05, 0.1) is 7.11 Å². The monoisotopic (exact) mass is 160 g/mol. The molecule has 0 N–H and O–H groups in total. The third kappa shape index (κ3) is 2.43. The molecule has 0 radical (unpaired) electrons. The Morgan fingerprint density at radius 2 is 2.30 bits per heavy atom. The summed E-state index contributed by atoms with van der Waals surface area (Å²) in [4.78, 5) is 10.7. The van der Waals surface area contributed by atoms with Crippen LogP contribution in [0, 0.1) is 0 Å². The second-order valence-corrected chi connectivity index (χ2v) is 2.56. The summed E-state index contributed by atoms with van der Waals surface area (Å²) >= 11 is 4.12. The van der Waals surface area contributed by atoms with Crippen molar-refractivity contribution >= 4 is 18.6 Å². The van der Waals surface area contributed by atoms with Gasteiger partial charge in [-0.1, -0.05) is 13.5 Å². The van der Waals surface area contributed by atoms with Crippen molar-refractivity contribution in [2.24, 2.45) is 0 Å². The van der Waals surface area contributed by atoms with E-state index in [0.717, 1.165) is 6.42 Å². The molecule has 0 aromatic carbocycles. The molecule has 0 saturated heterocycles. The van der Waals surface area contributed by atoms with Crippen LogP contribution in [0.3, 0.4) is 0 Å². The molecule has 3 heteroatoms. The number of ether oxygens (including phenoxy) is 1. The molecule has 0 heterocycles. The Hall–Kier alpha value is -0.440. The van der Waals surface area contributed by atoms with E-state index in [9.17, 15) is 4.79 Å². The molecule has 0 aromatic heterocycles. The summed E-state index contributed by atoms with van der Waals surface area (Å²) in [6.07, 6.45) is 0.789. The first-order valence-electron chi connectivity index (χ1n) is 3.08. The van der Waals surface area contributed by atoms with Crippen LogP contribution in [-0.2, 0) is 9.53 Å². The van der Waals surface area contributed by atoms with Crippen LogP contribution in [0.15, 0.2) is 12.2 Å². The normalized spacial score (nSPS) is 12.3. The molecule has 0 fully saturated rings. The summed E-state index contributed by atoms with van der Waals surface area (Å²) < 4.78 is 4.45. The Morgan fingerprint density at radius 3 is 2.60 bits per heavy atom. The smallest absolute Gasteiger partial charge is 0.334 e. The van der Waals surface area contributed by atoms with Crippen LogP contribution in [0.4, 0.5) is 0 Å². The first-order valence-corrected chi connectivity index (χ1v) is 3.60. The minimum Gasteiger partial charge on any atom is -0.466 e. The molecule has 10 heavy (non-hydrogen) atoms. The van der Waals surface area contributed by atoms with Crippen molar-refractivity contribution in [1.29, 1.82) is 0 Å². The average molecular weight is 160 g/mol. The van der Waals surface area contributed by atoms with Gasteiger partial charge in [0.1, 0.15) is 0 Å². The maximum absolute atomic E-state index is 10.7. The molecular formula is C7H12O2S. The second kappa shape index (κ2) is 4.39. The number of hydrogen-bond acceptors (Lipinski definition) is 3. The first-order chi connectivity index (χ1) is 4.63. The van der Waals surface area contributed by atoms with E-state index >= 15 is 0 Å². The number of thiol groups is 1. The van der Waals surface area contributed by atoms with Crippen molar-refractivity contribution < 1.29 is 9.53 Å². The molecule has 0 bridgehead atoms. The zero-order chi connectivity index (χ0) is 8.15. The summed E-state index contributed by atoms with van der Waals surface area (Å²) in [5, 5.41) is -0.0764. The molecule has 0 amide bonds. The zero-order valence-electron chi connectivity index (χ0n) is 6.26. The van der Waals surface area contributed by atoms with Gasteiger partial charge in [-0.3, -0.25) is 0 Å². The van der Waals surface area contributed by atoms with Crippen LogP contribution in [0.2, 0.25) is 0 Å². The summed E-state index contributed by atoms with van der Waals surface area (Å²) in [5.74, 6) is -0.373. The summed E-state index contributed by atoms with van der Waals surface area (Å²) in [6.45, 7) is 5.48. The maximum atomic E-state index is 10.7. The minimum atomic E-state index is -0.373. The van der Waals surface area contributed by atoms with Gasteiger partial charge in [0.25, 0.3) is 0 Å². The molecule has 0 aliphatic heterocycles. The third-order valence-corrected chi connectivity index (χ3v) is 1.91. The van der Waals surface area contributed by atoms with Crippen molar-refractivity contribution in [1.82, 2.24) is 0 Å². The van der Waals surface area contributed by atoms with Gasteiger partial charge in [-0.15, -0.1) is 0 Å². The van der Waals surface area contributed by atoms with Gasteiger partial charge in [-0.05, 0) is 6.42 Å². The van der Waals surface area contributed by atoms with E-state index in [2.05, 4.69) is 23.9 Å². The number of methoxy groups -OCH3 is 1. The SMILES string of the molecule is C=C(C(=O)OC)C(S)CC. The average Bonchev–Trinajstić information content (AvgIpc) is 2.00. The van der Waals surface area contributed by atoms with Crippen LogP contribution in [0.1, 0.15) is 13.3 Å². The highest BCUT2D eigenvalue weighted by Gasteiger charge is 2.12. The van der Waals surface area contributed by atoms with Gasteiger partial charge in [-0.2, -0.15) is 12.6 Å². The summed E-state index contributed by atoms with van der Waals surface area (Å²) in [7, 11) is 1.34. The lowest BCUT2D eigenvalue weighted by molar-refractivity contribution is -0.136. The van der Waals surface area contributed by atoms with Gasteiger partial charge < -0.3 is 4.74 Å². The molecular weight excluding hydrogens is 148 g/mol. The van der Waals surface area contributed by atoms with Crippen LogP contribution in [-0.4, -0.2) is 18.3 Å². The van der Waals surface area contributed by atoms with Gasteiger partial charge >= 0.3 is 5.97 Å². The van der Waals surface area contributed by atoms with Gasteiger partial charge in [0, 0.05) is 10.8 Å². The number of hydrogen-bond donors (Lipinski definition) is 1. The van der Waals surface area contributed by atoms with E-state index < -0.39 is 0 Å². The Morgan fingerprint density at radius 1 is 1.80 bits per heavy atom. The third-order valence-electron chi connectivity index (χ3n) is 1.24. The van der Waals surface area contributed by atoms with Crippen molar-refractivity contribution in [2.45, 2.75) is 18.6 Å². The molecule has 0 aliphatic rings. The highest BCUT2D eigenvalue weighted by atomic mass is 32.1. The second-order valence-electron chi connectivity index (χ2n) is 1.94. The lowest BCUT2D eigenvalue weighted by Gasteiger charge is -2.07. The molecule has 58 valence electrons. The largest absolute Gasteiger partial charge is 0.466 e. The number of carbonyl (C=O) groups is 1. The molecule has 1 unspecified atom stereocenters. The van der Waals surface area contributed by atoms with Gasteiger partial charge in [0.2, 0.25) is 0 Å². The predicted octanol–water partition coefficient (Wildman–Crippen LogP) is 1.42. The molecule has 2 nitrogen and oxygen atoms in total. The van der Waals surface area contributed by atoms with Crippen LogP contribution in [0.25, 0.3) is 0 Å². The molecule has 0 saturated carbocycles. The highest BCUT2D eigenvalue weighted by molar-refractivity contribution is 7.81. The summed E-state index contributed by atoms with van der Waals surface area (Å²) in [6, 6.07) is 0. The van der Waals surface area contributed by atoms with E-state index in [4.69, 9.17) is 0 Å². The van der Waals surface area contributed by atoms with Crippen molar-refractivity contribution in [3.8, 4) is 0 Å². The van der Waals surface area contributed by atoms with E-state index in [1.807, 2.05) is 6.92 Å². The highest BCUT2D eigenvalue weighted by Crippen LogP contribution is 2.11. The van der Waals surface area contributed by atoms with Crippen molar-refractivity contribution in [3.63, 3.8) is 0 Å². The van der Waals surface area contributed by atoms with Crippen LogP contribution < -0.4 is 0 Å². The Labute approximate surface area is 66.7 Å². The lowest BCUT2D eigenvalue weighted by atomic mass is 10.2. The number of rotatable bonds is 3. The van der Waals surface area contributed by atoms with Crippen LogP contribution >= 0.6 is 12.6 Å². The standard InChI is InChI=1S/C7H12O2S/c1-4-6(10)5(2)7(8)9-3/h6,10H,2,4H2,1,3H3. The Bertz CT molecular complexity index is 143. The first kappa shape index (κ1) is 9.56. The fourth-order valence-corrected chi connectivity index (χ4v) is 0.619. The van der Waals surface area contributed by atoms with E-state index in [0.29, 0.717) is 5.57 Å². The van der Waals surface area contributed by atoms with Crippen molar-refractivity contribution in [2.75, 3.05) is 7.11 Å². The van der Waals surface area contributed by atoms with Gasteiger partial charge in [-0.25, -0.2) is 4.79 Å². The van der Waals surface area contributed by atoms with Crippen molar-refractivity contribution in [3.05, 3.63) is 12.2 Å². The van der Waals surface area contributed by atoms with E-state index in [1.165, 1.54) is 7.11 Å². The maximum Gasteiger partial charge on any atom is 0.334 e.